The van der Waals surface area contributed by atoms with E-state index in [-0.39, 0.29) is 0 Å². The van der Waals surface area contributed by atoms with E-state index in [4.69, 9.17) is 0 Å². The van der Waals surface area contributed by atoms with Crippen molar-refractivity contribution in [2.45, 2.75) is 53.4 Å². The number of rotatable bonds is 2. The summed E-state index contributed by atoms with van der Waals surface area (Å²) in [6.45, 7) is 9.31. The van der Waals surface area contributed by atoms with Gasteiger partial charge in [0, 0.05) is 49.7 Å². The summed E-state index contributed by atoms with van der Waals surface area (Å²) >= 11 is 0. The molecule has 0 amide bonds. The molecule has 0 bridgehead atoms. The molecule has 0 unspecified atom stereocenters. The van der Waals surface area contributed by atoms with E-state index in [1.807, 2.05) is 0 Å². The fraction of sp³-hybridized carbons (Fsp3) is 0.462. The number of fused-ring (bicyclic) bond motifs is 8. The maximum absolute atomic E-state index is 2.51. The van der Waals surface area contributed by atoms with E-state index < -0.39 is 0 Å². The van der Waals surface area contributed by atoms with Crippen LogP contribution in [0.3, 0.4) is 0 Å². The first kappa shape index (κ1) is 16.7. The molecule has 0 saturated heterocycles. The summed E-state index contributed by atoms with van der Waals surface area (Å²) in [5.74, 6) is 1.29. The second-order valence-corrected chi connectivity index (χ2v) is 9.91. The van der Waals surface area contributed by atoms with Gasteiger partial charge in [0.1, 0.15) is 0 Å². The highest BCUT2D eigenvalue weighted by molar-refractivity contribution is 6.03. The predicted molar refractivity (Wildman–Crippen MR) is 118 cm³/mol. The predicted octanol–water partition coefficient (Wildman–Crippen LogP) is 5.58. The van der Waals surface area contributed by atoms with Gasteiger partial charge in [0.25, 0.3) is 0 Å². The third-order valence-corrected chi connectivity index (χ3v) is 7.84. The Bertz CT molecular complexity index is 1080. The summed E-state index contributed by atoms with van der Waals surface area (Å²) in [4.78, 5) is 0. The summed E-state index contributed by atoms with van der Waals surface area (Å²) in [6, 6.07) is 0. The lowest BCUT2D eigenvalue weighted by atomic mass is 9.96. The maximum Gasteiger partial charge on any atom is 0.0487 e. The van der Waals surface area contributed by atoms with Crippen LogP contribution in [-0.4, -0.2) is 9.13 Å². The minimum atomic E-state index is 0.647. The van der Waals surface area contributed by atoms with Crippen LogP contribution in [0.2, 0.25) is 0 Å². The van der Waals surface area contributed by atoms with Crippen LogP contribution in [0.25, 0.3) is 23.3 Å². The number of allylic oxidation sites excluding steroid dienone is 4. The highest BCUT2D eigenvalue weighted by Gasteiger charge is 2.40. The average molecular weight is 371 g/mol. The van der Waals surface area contributed by atoms with E-state index in [0.29, 0.717) is 11.8 Å². The number of hydrogen-bond acceptors (Lipinski definition) is 0. The van der Waals surface area contributed by atoms with Gasteiger partial charge in [-0.2, -0.15) is 0 Å². The van der Waals surface area contributed by atoms with Gasteiger partial charge in [0.05, 0.1) is 0 Å². The summed E-state index contributed by atoms with van der Waals surface area (Å²) in [5.41, 5.74) is 18.9. The van der Waals surface area contributed by atoms with Crippen molar-refractivity contribution in [1.29, 1.82) is 0 Å². The second kappa shape index (κ2) is 5.23. The smallest absolute Gasteiger partial charge is 0.0487 e. The van der Waals surface area contributed by atoms with E-state index in [2.05, 4.69) is 63.1 Å². The van der Waals surface area contributed by atoms with Crippen LogP contribution < -0.4 is 0 Å². The molecule has 2 heterocycles. The normalized spacial score (nSPS) is 18.7. The Labute approximate surface area is 168 Å². The lowest BCUT2D eigenvalue weighted by Gasteiger charge is -2.10. The molecule has 4 aliphatic carbocycles. The van der Waals surface area contributed by atoms with Gasteiger partial charge >= 0.3 is 0 Å². The molecule has 4 aliphatic rings. The Hall–Kier alpha value is -2.22. The summed E-state index contributed by atoms with van der Waals surface area (Å²) in [5, 5.41) is 0. The standard InChI is InChI=1S/C26H30N2/c1-13(2)15-7-17-19-11-21-22(25(19)27(5)23(17)9-15)12-20-18-8-16(14(3)4)10-24(18)28(6)26(20)21/h9-10,13-14H,7-8,11-12H2,1-6H3. The largest absolute Gasteiger partial charge is 0.344 e. The quantitative estimate of drug-likeness (QED) is 0.653. The minimum Gasteiger partial charge on any atom is -0.344 e. The lowest BCUT2D eigenvalue weighted by Crippen LogP contribution is -2.01. The number of hydrogen-bond donors (Lipinski definition) is 0. The first-order chi connectivity index (χ1) is 13.4. The van der Waals surface area contributed by atoms with E-state index in [1.54, 1.807) is 55.9 Å². The molecule has 2 aromatic heterocycles. The zero-order valence-electron chi connectivity index (χ0n) is 18.0. The molecule has 0 atom stereocenters. The van der Waals surface area contributed by atoms with E-state index in [9.17, 15) is 0 Å². The lowest BCUT2D eigenvalue weighted by molar-refractivity contribution is 0.753. The molecule has 0 aromatic carbocycles. The molecule has 144 valence electrons. The second-order valence-electron chi connectivity index (χ2n) is 9.91. The summed E-state index contributed by atoms with van der Waals surface area (Å²) in [7, 11) is 4.58. The van der Waals surface area contributed by atoms with Crippen LogP contribution in [0.5, 0.6) is 0 Å². The van der Waals surface area contributed by atoms with Crippen molar-refractivity contribution in [3.05, 3.63) is 56.2 Å². The maximum atomic E-state index is 2.51. The van der Waals surface area contributed by atoms with Crippen LogP contribution in [0.15, 0.2) is 11.1 Å². The Morgan fingerprint density at radius 2 is 1.00 bits per heavy atom. The molecule has 2 heteroatoms. The summed E-state index contributed by atoms with van der Waals surface area (Å²) < 4.78 is 5.01. The fourth-order valence-electron chi connectivity index (χ4n) is 6.18. The molecule has 0 aliphatic heterocycles. The van der Waals surface area contributed by atoms with Crippen molar-refractivity contribution in [2.24, 2.45) is 25.9 Å². The van der Waals surface area contributed by atoms with Crippen LogP contribution in [0.4, 0.5) is 0 Å². The van der Waals surface area contributed by atoms with Crippen molar-refractivity contribution in [1.82, 2.24) is 9.13 Å². The average Bonchev–Trinajstić information content (AvgIpc) is 3.40. The first-order valence-corrected chi connectivity index (χ1v) is 10.9. The molecular weight excluding hydrogens is 340 g/mol. The van der Waals surface area contributed by atoms with Gasteiger partial charge in [0.15, 0.2) is 0 Å². The highest BCUT2D eigenvalue weighted by atomic mass is 15.0. The van der Waals surface area contributed by atoms with Crippen LogP contribution in [-0.2, 0) is 39.8 Å². The fourth-order valence-corrected chi connectivity index (χ4v) is 6.18. The van der Waals surface area contributed by atoms with Gasteiger partial charge in [-0.15, -0.1) is 0 Å². The third-order valence-electron chi connectivity index (χ3n) is 7.84. The molecular formula is C26H30N2. The van der Waals surface area contributed by atoms with Crippen LogP contribution in [0, 0.1) is 11.8 Å². The number of nitrogens with zero attached hydrogens (tertiary/aromatic N) is 2. The minimum absolute atomic E-state index is 0.647. The van der Waals surface area contributed by atoms with Crippen molar-refractivity contribution in [3.8, 4) is 0 Å². The van der Waals surface area contributed by atoms with Crippen molar-refractivity contribution >= 4 is 23.3 Å². The van der Waals surface area contributed by atoms with Crippen molar-refractivity contribution in [2.75, 3.05) is 0 Å². The van der Waals surface area contributed by atoms with E-state index >= 15 is 0 Å². The van der Waals surface area contributed by atoms with Gasteiger partial charge in [0.2, 0.25) is 0 Å². The van der Waals surface area contributed by atoms with Gasteiger partial charge in [-0.05, 0) is 70.2 Å². The molecule has 2 nitrogen and oxygen atoms in total. The molecule has 28 heavy (non-hydrogen) atoms. The van der Waals surface area contributed by atoms with Gasteiger partial charge in [-0.3, -0.25) is 0 Å². The Morgan fingerprint density at radius 1 is 0.607 bits per heavy atom. The van der Waals surface area contributed by atoms with Crippen LogP contribution >= 0.6 is 0 Å². The molecule has 0 fully saturated rings. The van der Waals surface area contributed by atoms with E-state index in [0.717, 1.165) is 25.7 Å². The zero-order chi connectivity index (χ0) is 19.5. The SMILES string of the molecule is CC(C)C1=Cc2c(c3c(n2C)C2=C(C3)c3c(c4c(n3C)C=C(C(C)C)C4)C2)C1. The van der Waals surface area contributed by atoms with Crippen molar-refractivity contribution < 1.29 is 0 Å². The molecule has 6 rings (SSSR count). The van der Waals surface area contributed by atoms with Gasteiger partial charge < -0.3 is 9.13 Å². The molecule has 0 radical (unpaired) electrons. The third kappa shape index (κ3) is 1.85. The van der Waals surface area contributed by atoms with E-state index in [1.165, 1.54) is 11.4 Å². The highest BCUT2D eigenvalue weighted by Crippen LogP contribution is 2.53. The molecule has 2 aromatic rings. The monoisotopic (exact) mass is 370 g/mol. The Kier molecular flexibility index (Phi) is 3.12. The zero-order valence-corrected chi connectivity index (χ0v) is 18.0. The summed E-state index contributed by atoms with van der Waals surface area (Å²) in [6.07, 6.45) is 9.53. The topological polar surface area (TPSA) is 9.86 Å². The number of aromatic nitrogens is 2. The molecule has 0 spiro atoms. The Balaban J connectivity index is 1.45. The van der Waals surface area contributed by atoms with Gasteiger partial charge in [-0.25, -0.2) is 0 Å². The first-order valence-electron chi connectivity index (χ1n) is 10.9. The molecule has 0 saturated carbocycles. The molecule has 0 N–H and O–H groups in total. The van der Waals surface area contributed by atoms with Gasteiger partial charge in [-0.1, -0.05) is 38.8 Å². The Morgan fingerprint density at radius 3 is 1.36 bits per heavy atom. The van der Waals surface area contributed by atoms with Crippen molar-refractivity contribution in [3.63, 3.8) is 0 Å². The van der Waals surface area contributed by atoms with Crippen LogP contribution in [0.1, 0.15) is 72.7 Å².